The Kier molecular flexibility index (Phi) is 7.44. The summed E-state index contributed by atoms with van der Waals surface area (Å²) in [6.45, 7) is 0. The van der Waals surface area contributed by atoms with Gasteiger partial charge in [-0.3, -0.25) is 19.2 Å². The lowest BCUT2D eigenvalue weighted by atomic mass is 10.1. The van der Waals surface area contributed by atoms with E-state index in [0.717, 1.165) is 19.2 Å². The Hall–Kier alpha value is -2.03. The van der Waals surface area contributed by atoms with Crippen LogP contribution in [0.1, 0.15) is 53.4 Å². The zero-order valence-corrected chi connectivity index (χ0v) is 13.3. The van der Waals surface area contributed by atoms with E-state index in [1.54, 1.807) is 0 Å². The fraction of sp³-hybridized carbons (Fsp3) is 0.462. The van der Waals surface area contributed by atoms with E-state index in [-0.39, 0.29) is 22.8 Å². The van der Waals surface area contributed by atoms with Crippen LogP contribution in [0.5, 0.6) is 0 Å². The first-order chi connectivity index (χ1) is 10.5. The van der Waals surface area contributed by atoms with Crippen molar-refractivity contribution in [3.8, 4) is 0 Å². The number of ketones is 2. The van der Waals surface area contributed by atoms with Crippen LogP contribution < -0.4 is 5.73 Å². The molecular formula is C13H15BrN4O4. The van der Waals surface area contributed by atoms with Gasteiger partial charge in [0, 0.05) is 6.42 Å². The van der Waals surface area contributed by atoms with Crippen molar-refractivity contribution in [2.75, 3.05) is 0 Å². The summed E-state index contributed by atoms with van der Waals surface area (Å²) in [5.41, 5.74) is 5.05. The number of nitrogens with two attached hydrogens (primary N) is 1. The van der Waals surface area contributed by atoms with E-state index >= 15 is 0 Å². The minimum absolute atomic E-state index is 0.0733. The third-order valence-electron chi connectivity index (χ3n) is 2.79. The second-order valence-corrected chi connectivity index (χ2v) is 5.62. The Balaban J connectivity index is 2.57. The first-order valence-corrected chi connectivity index (χ1v) is 7.52. The second kappa shape index (κ2) is 9.08. The molecule has 1 rings (SSSR count). The predicted octanol–water partition coefficient (Wildman–Crippen LogP) is 0.694. The van der Waals surface area contributed by atoms with Gasteiger partial charge in [0.1, 0.15) is 12.2 Å². The average molecular weight is 371 g/mol. The van der Waals surface area contributed by atoms with E-state index in [0.29, 0.717) is 25.1 Å². The fourth-order valence-corrected chi connectivity index (χ4v) is 2.21. The van der Waals surface area contributed by atoms with Crippen molar-refractivity contribution < 1.29 is 19.2 Å². The van der Waals surface area contributed by atoms with Crippen molar-refractivity contribution in [1.82, 2.24) is 15.0 Å². The molecule has 118 valence electrons. The maximum atomic E-state index is 11.5. The second-order valence-electron chi connectivity index (χ2n) is 4.51. The largest absolute Gasteiger partial charge is 0.370 e. The lowest BCUT2D eigenvalue weighted by Crippen LogP contribution is -2.19. The SMILES string of the molecule is NC(=O)CCCCCC(Br)c1ncnc(C(=O)C(=O)C=O)n1. The van der Waals surface area contributed by atoms with Gasteiger partial charge >= 0.3 is 0 Å². The number of halogens is 1. The van der Waals surface area contributed by atoms with Crippen molar-refractivity contribution in [2.45, 2.75) is 36.9 Å². The zero-order valence-electron chi connectivity index (χ0n) is 11.7. The van der Waals surface area contributed by atoms with Crippen LogP contribution in [0.25, 0.3) is 0 Å². The third kappa shape index (κ3) is 5.76. The molecule has 8 nitrogen and oxygen atoms in total. The van der Waals surface area contributed by atoms with Crippen LogP contribution in [-0.4, -0.2) is 38.7 Å². The lowest BCUT2D eigenvalue weighted by molar-refractivity contribution is -0.126. The highest BCUT2D eigenvalue weighted by atomic mass is 79.9. The first kappa shape index (κ1) is 18.0. The van der Waals surface area contributed by atoms with Gasteiger partial charge in [-0.2, -0.15) is 0 Å². The number of hydrogen-bond acceptors (Lipinski definition) is 7. The molecule has 0 aliphatic rings. The molecule has 1 amide bonds. The predicted molar refractivity (Wildman–Crippen MR) is 79.2 cm³/mol. The standard InChI is InChI=1S/C13H15BrN4O4/c14-8(4-2-1-3-5-10(15)21)12-16-7-17-13(18-12)11(22)9(20)6-19/h6-8H,1-5H2,(H2,15,21). The molecule has 1 atom stereocenters. The van der Waals surface area contributed by atoms with E-state index < -0.39 is 11.6 Å². The van der Waals surface area contributed by atoms with Gasteiger partial charge < -0.3 is 5.73 Å². The molecular weight excluding hydrogens is 356 g/mol. The Morgan fingerprint density at radius 3 is 2.59 bits per heavy atom. The summed E-state index contributed by atoms with van der Waals surface area (Å²) in [7, 11) is 0. The van der Waals surface area contributed by atoms with Crippen LogP contribution in [0, 0.1) is 0 Å². The summed E-state index contributed by atoms with van der Waals surface area (Å²) < 4.78 is 0. The summed E-state index contributed by atoms with van der Waals surface area (Å²) >= 11 is 3.39. The smallest absolute Gasteiger partial charge is 0.273 e. The number of rotatable bonds is 10. The Bertz CT molecular complexity index is 579. The molecule has 0 aliphatic carbocycles. The van der Waals surface area contributed by atoms with Gasteiger partial charge in [0.25, 0.3) is 11.6 Å². The molecule has 0 spiro atoms. The maximum Gasteiger partial charge on any atom is 0.273 e. The summed E-state index contributed by atoms with van der Waals surface area (Å²) in [6.07, 6.45) is 4.43. The normalized spacial score (nSPS) is 11.7. The number of carbonyl (C=O) groups excluding carboxylic acids is 4. The van der Waals surface area contributed by atoms with Gasteiger partial charge in [-0.25, -0.2) is 15.0 Å². The van der Waals surface area contributed by atoms with Gasteiger partial charge in [0.15, 0.2) is 6.29 Å². The minimum Gasteiger partial charge on any atom is -0.370 e. The molecule has 1 aromatic rings. The summed E-state index contributed by atoms with van der Waals surface area (Å²) in [5.74, 6) is -2.61. The summed E-state index contributed by atoms with van der Waals surface area (Å²) in [4.78, 5) is 54.7. The van der Waals surface area contributed by atoms with Gasteiger partial charge in [-0.1, -0.05) is 28.8 Å². The molecule has 0 aliphatic heterocycles. The van der Waals surface area contributed by atoms with Crippen LogP contribution in [0.3, 0.4) is 0 Å². The van der Waals surface area contributed by atoms with Crippen LogP contribution >= 0.6 is 15.9 Å². The highest BCUT2D eigenvalue weighted by Gasteiger charge is 2.20. The van der Waals surface area contributed by atoms with Crippen molar-refractivity contribution >= 4 is 39.7 Å². The molecule has 2 N–H and O–H groups in total. The number of alkyl halides is 1. The Morgan fingerprint density at radius 2 is 1.95 bits per heavy atom. The molecule has 0 aromatic carbocycles. The van der Waals surface area contributed by atoms with Gasteiger partial charge in [0.2, 0.25) is 11.7 Å². The fourth-order valence-electron chi connectivity index (χ4n) is 1.66. The topological polar surface area (TPSA) is 133 Å². The number of hydrogen-bond donors (Lipinski definition) is 1. The number of primary amides is 1. The number of unbranched alkanes of at least 4 members (excludes halogenated alkanes) is 2. The molecule has 0 saturated heterocycles. The zero-order chi connectivity index (χ0) is 16.5. The molecule has 0 bridgehead atoms. The number of aromatic nitrogens is 3. The third-order valence-corrected chi connectivity index (χ3v) is 3.65. The molecule has 22 heavy (non-hydrogen) atoms. The van der Waals surface area contributed by atoms with Crippen LogP contribution in [0.2, 0.25) is 0 Å². The Morgan fingerprint density at radius 1 is 1.23 bits per heavy atom. The molecule has 0 fully saturated rings. The molecule has 1 unspecified atom stereocenters. The van der Waals surface area contributed by atoms with Crippen molar-refractivity contribution in [1.29, 1.82) is 0 Å². The highest BCUT2D eigenvalue weighted by molar-refractivity contribution is 9.09. The number of aldehydes is 1. The summed E-state index contributed by atoms with van der Waals surface area (Å²) in [6, 6.07) is 0. The van der Waals surface area contributed by atoms with E-state index in [1.165, 1.54) is 0 Å². The summed E-state index contributed by atoms with van der Waals surface area (Å²) in [5, 5.41) is 0. The number of carbonyl (C=O) groups is 4. The van der Waals surface area contributed by atoms with Crippen molar-refractivity contribution in [2.24, 2.45) is 5.73 Å². The lowest BCUT2D eigenvalue weighted by Gasteiger charge is -2.08. The van der Waals surface area contributed by atoms with Crippen LogP contribution in [-0.2, 0) is 14.4 Å². The highest BCUT2D eigenvalue weighted by Crippen LogP contribution is 2.25. The van der Waals surface area contributed by atoms with Gasteiger partial charge in [0.05, 0.1) is 4.83 Å². The van der Waals surface area contributed by atoms with Crippen LogP contribution in [0.4, 0.5) is 0 Å². The Labute approximate surface area is 135 Å². The maximum absolute atomic E-state index is 11.5. The van der Waals surface area contributed by atoms with E-state index in [4.69, 9.17) is 5.73 Å². The number of amides is 1. The number of nitrogens with zero attached hydrogens (tertiary/aromatic N) is 3. The monoisotopic (exact) mass is 370 g/mol. The number of Topliss-reactive ketones (excluding diaryl/α,β-unsaturated/α-hetero) is 2. The first-order valence-electron chi connectivity index (χ1n) is 6.60. The molecule has 0 saturated carbocycles. The minimum atomic E-state index is -1.20. The van der Waals surface area contributed by atoms with Crippen LogP contribution in [0.15, 0.2) is 6.33 Å². The van der Waals surface area contributed by atoms with Gasteiger partial charge in [-0.05, 0) is 12.8 Å². The quantitative estimate of drug-likeness (QED) is 0.160. The van der Waals surface area contributed by atoms with E-state index in [9.17, 15) is 19.2 Å². The van der Waals surface area contributed by atoms with Gasteiger partial charge in [-0.15, -0.1) is 0 Å². The van der Waals surface area contributed by atoms with Crippen molar-refractivity contribution in [3.63, 3.8) is 0 Å². The molecule has 0 radical (unpaired) electrons. The molecule has 1 heterocycles. The average Bonchev–Trinajstić information content (AvgIpc) is 2.52. The molecule has 9 heteroatoms. The molecule has 1 aromatic heterocycles. The van der Waals surface area contributed by atoms with E-state index in [1.807, 2.05) is 0 Å². The van der Waals surface area contributed by atoms with E-state index in [2.05, 4.69) is 30.9 Å². The van der Waals surface area contributed by atoms with Crippen molar-refractivity contribution in [3.05, 3.63) is 18.0 Å².